The van der Waals surface area contributed by atoms with E-state index in [1.807, 2.05) is 13.8 Å². The number of carbonyl (C=O) groups excluding carboxylic acids is 7. The number of carbonyl (C=O) groups is 7. The maximum Gasteiger partial charge on any atom is 0.303 e. The van der Waals surface area contributed by atoms with Crippen LogP contribution in [0.1, 0.15) is 140 Å². The lowest BCUT2D eigenvalue weighted by Crippen LogP contribution is -2.62. The van der Waals surface area contributed by atoms with Crippen molar-refractivity contribution in [3.05, 3.63) is 11.6 Å². The number of hydrogen-bond acceptors (Lipinski definition) is 19. The molecule has 1 N–H and O–H groups in total. The van der Waals surface area contributed by atoms with E-state index in [0.29, 0.717) is 12.0 Å². The molecule has 4 heterocycles. The number of amides is 2. The fraction of sp³-hybridized carbons (Fsp3) is 0.827. The highest BCUT2D eigenvalue weighted by Crippen LogP contribution is 2.70. The van der Waals surface area contributed by atoms with E-state index in [-0.39, 0.29) is 55.0 Å². The summed E-state index contributed by atoms with van der Waals surface area (Å²) in [5.41, 5.74) is -1.86. The van der Waals surface area contributed by atoms with E-state index in [0.717, 1.165) is 43.4 Å². The van der Waals surface area contributed by atoms with Gasteiger partial charge in [-0.3, -0.25) is 38.5 Å². The van der Waals surface area contributed by atoms with Gasteiger partial charge in [-0.25, -0.2) is 0 Å². The van der Waals surface area contributed by atoms with Gasteiger partial charge in [-0.2, -0.15) is 0 Å². The van der Waals surface area contributed by atoms with E-state index < -0.39 is 139 Å². The molecule has 7 fully saturated rings. The number of nitrogens with zero attached hydrogens (tertiary/aromatic N) is 1. The predicted octanol–water partition coefficient (Wildman–Crippen LogP) is 4.51. The fourth-order valence-electron chi connectivity index (χ4n) is 14.6. The van der Waals surface area contributed by atoms with Gasteiger partial charge in [-0.1, -0.05) is 13.8 Å². The van der Waals surface area contributed by atoms with Crippen LogP contribution in [0.3, 0.4) is 0 Å². The van der Waals surface area contributed by atoms with E-state index in [2.05, 4.69) is 6.92 Å². The molecule has 0 spiro atoms. The third kappa shape index (κ3) is 10.5. The summed E-state index contributed by atoms with van der Waals surface area (Å²) in [5, 5.41) is 13.0. The maximum absolute atomic E-state index is 13.4. The Morgan fingerprint density at radius 2 is 1.07 bits per heavy atom. The van der Waals surface area contributed by atoms with Crippen LogP contribution in [-0.4, -0.2) is 150 Å². The molecule has 0 bridgehead atoms. The van der Waals surface area contributed by atoms with Gasteiger partial charge in [0, 0.05) is 90.3 Å². The van der Waals surface area contributed by atoms with Crippen molar-refractivity contribution in [1.29, 1.82) is 0 Å². The molecular weight excluding hydrogens is 943 g/mol. The zero-order chi connectivity index (χ0) is 52.4. The molecule has 8 aliphatic rings. The summed E-state index contributed by atoms with van der Waals surface area (Å²) in [5.74, 6) is -3.79. The summed E-state index contributed by atoms with van der Waals surface area (Å²) < 4.78 is 67.1. The highest BCUT2D eigenvalue weighted by atomic mass is 16.8. The smallest absolute Gasteiger partial charge is 0.303 e. The highest BCUT2D eigenvalue weighted by molar-refractivity contribution is 6.16. The Hall–Kier alpha value is -4.05. The summed E-state index contributed by atoms with van der Waals surface area (Å²) in [6, 6.07) is 0. The maximum atomic E-state index is 13.4. The van der Waals surface area contributed by atoms with Gasteiger partial charge in [-0.05, 0) is 88.9 Å². The highest BCUT2D eigenvalue weighted by Gasteiger charge is 2.71. The lowest BCUT2D eigenvalue weighted by Gasteiger charge is -2.63. The second kappa shape index (κ2) is 20.9. The van der Waals surface area contributed by atoms with Crippen LogP contribution >= 0.6 is 0 Å². The van der Waals surface area contributed by atoms with Crippen LogP contribution in [0.15, 0.2) is 11.6 Å². The van der Waals surface area contributed by atoms with Crippen molar-refractivity contribution in [2.75, 3.05) is 7.05 Å². The molecule has 21 atom stereocenters. The molecule has 20 nitrogen and oxygen atoms in total. The Morgan fingerprint density at radius 3 is 1.56 bits per heavy atom. The SMILES string of the molecule is CC(=O)O[C@H]1[C@@H](OC(C)=O)C[C@H](O[C@H]2[C@@H](OC(C)=O)C[C@H](O[C@H]3[C@@H](OC(C)=O)C[C@H](O[C@H]4CC[C@@]5(C)[C@H](CC[C@@H]6[C@@H]5CC[C@]5(C)[C@@H](C7=CC(=O)N(C)C7=O)[C@@H](OC(C)=O)C[C@]65O)C4)O[C@@H]3C)O[C@@H]2C)O[C@@H]1C. The molecule has 0 aromatic carbocycles. The van der Waals surface area contributed by atoms with E-state index >= 15 is 0 Å². The molecule has 20 heteroatoms. The van der Waals surface area contributed by atoms with Crippen molar-refractivity contribution >= 4 is 41.7 Å². The molecule has 4 aliphatic carbocycles. The third-order valence-electron chi connectivity index (χ3n) is 17.7. The van der Waals surface area contributed by atoms with Crippen LogP contribution in [0.25, 0.3) is 0 Å². The minimum absolute atomic E-state index is 0.0300. The summed E-state index contributed by atoms with van der Waals surface area (Å²) >= 11 is 0. The Morgan fingerprint density at radius 1 is 0.597 bits per heavy atom. The number of aliphatic hydroxyl groups is 1. The molecule has 402 valence electrons. The lowest BCUT2D eigenvalue weighted by atomic mass is 9.43. The van der Waals surface area contributed by atoms with Crippen LogP contribution in [0.4, 0.5) is 0 Å². The zero-order valence-corrected chi connectivity index (χ0v) is 43.5. The number of likely N-dealkylation sites (N-methyl/N-ethyl adjacent to an activating group) is 1. The molecule has 8 rings (SSSR count). The Balaban J connectivity index is 0.900. The van der Waals surface area contributed by atoms with Gasteiger partial charge < -0.3 is 57.2 Å². The monoisotopic (exact) mass is 1020 g/mol. The largest absolute Gasteiger partial charge is 0.462 e. The summed E-state index contributed by atoms with van der Waals surface area (Å²) in [7, 11) is 1.44. The summed E-state index contributed by atoms with van der Waals surface area (Å²) in [6.07, 6.45) is -3.40. The van der Waals surface area contributed by atoms with Gasteiger partial charge in [-0.15, -0.1) is 0 Å². The first-order valence-corrected chi connectivity index (χ1v) is 25.9. The van der Waals surface area contributed by atoms with Crippen LogP contribution in [0.5, 0.6) is 0 Å². The average molecular weight is 1020 g/mol. The van der Waals surface area contributed by atoms with Gasteiger partial charge in [0.05, 0.1) is 30.0 Å². The minimum atomic E-state index is -1.24. The average Bonchev–Trinajstić information content (AvgIpc) is 3.65. The van der Waals surface area contributed by atoms with Crippen LogP contribution < -0.4 is 0 Å². The van der Waals surface area contributed by atoms with Crippen molar-refractivity contribution in [1.82, 2.24) is 4.90 Å². The molecule has 0 aromatic rings. The van der Waals surface area contributed by atoms with Crippen LogP contribution in [0.2, 0.25) is 0 Å². The first-order chi connectivity index (χ1) is 33.8. The Labute approximate surface area is 421 Å². The summed E-state index contributed by atoms with van der Waals surface area (Å²) in [6.45, 7) is 16.0. The third-order valence-corrected chi connectivity index (χ3v) is 17.7. The van der Waals surface area contributed by atoms with Crippen molar-refractivity contribution < 1.29 is 90.8 Å². The molecule has 0 unspecified atom stereocenters. The first kappa shape index (κ1) is 54.2. The van der Waals surface area contributed by atoms with Crippen LogP contribution in [0, 0.1) is 34.5 Å². The molecule has 4 saturated carbocycles. The lowest BCUT2D eigenvalue weighted by molar-refractivity contribution is -0.337. The van der Waals surface area contributed by atoms with Gasteiger partial charge in [0.2, 0.25) is 0 Å². The summed E-state index contributed by atoms with van der Waals surface area (Å²) in [4.78, 5) is 88.6. The topological polar surface area (TPSA) is 244 Å². The van der Waals surface area contributed by atoms with E-state index in [1.54, 1.807) is 13.8 Å². The molecule has 72 heavy (non-hydrogen) atoms. The van der Waals surface area contributed by atoms with E-state index in [9.17, 15) is 38.7 Å². The Kier molecular flexibility index (Phi) is 15.8. The van der Waals surface area contributed by atoms with E-state index in [1.165, 1.54) is 47.7 Å². The molecule has 0 aromatic heterocycles. The number of fused-ring (bicyclic) bond motifs is 5. The molecular formula is C52H75NO19. The van der Waals surface area contributed by atoms with Crippen LogP contribution in [-0.2, 0) is 85.7 Å². The van der Waals surface area contributed by atoms with Crippen molar-refractivity contribution in [2.45, 2.75) is 231 Å². The number of ether oxygens (including phenoxy) is 11. The minimum Gasteiger partial charge on any atom is -0.462 e. The standard InChI is InChI=1S/C52H75NO19/c1-24-46(69-31(8)58)37(65-27(4)54)21-43(63-24)71-48-26(3)64-44(22-39(48)67-29(6)56)72-47-25(2)62-42(20-38(47)66-28(5)55)70-33-14-16-50(9)32(18-33)12-13-36-35(50)15-17-51(10)45(34-19-41(59)53(11)49(34)60)40(68-30(7)57)23-52(36,51)61/h19,24-26,32-33,35-40,42-48,61H,12-18,20-23H2,1-11H3/t24-,25-,26-,32-,33+,35+,36-,37+,38+,39+,40+,42+,43+,44+,45+,46-,47-,48-,50+,51-,52+/m1/s1. The van der Waals surface area contributed by atoms with E-state index in [4.69, 9.17) is 52.1 Å². The van der Waals surface area contributed by atoms with Gasteiger partial charge in [0.15, 0.2) is 25.0 Å². The van der Waals surface area contributed by atoms with Crippen molar-refractivity contribution in [3.8, 4) is 0 Å². The number of esters is 5. The molecule has 2 amide bonds. The molecule has 3 saturated heterocycles. The number of imide groups is 1. The second-order valence-corrected chi connectivity index (χ2v) is 22.3. The Bertz CT molecular complexity index is 2150. The predicted molar refractivity (Wildman–Crippen MR) is 247 cm³/mol. The van der Waals surface area contributed by atoms with Crippen molar-refractivity contribution in [3.63, 3.8) is 0 Å². The quantitative estimate of drug-likeness (QED) is 0.122. The second-order valence-electron chi connectivity index (χ2n) is 22.3. The molecule has 0 radical (unpaired) electrons. The van der Waals surface area contributed by atoms with Gasteiger partial charge in [0.25, 0.3) is 11.8 Å². The van der Waals surface area contributed by atoms with Gasteiger partial charge in [0.1, 0.15) is 36.6 Å². The normalized spacial score (nSPS) is 44.9. The van der Waals surface area contributed by atoms with Gasteiger partial charge >= 0.3 is 29.8 Å². The number of hydrogen-bond donors (Lipinski definition) is 1. The van der Waals surface area contributed by atoms with Crippen molar-refractivity contribution in [2.24, 2.45) is 34.5 Å². The zero-order valence-electron chi connectivity index (χ0n) is 43.5. The molecule has 4 aliphatic heterocycles. The number of rotatable bonds is 12. The first-order valence-electron chi connectivity index (χ1n) is 25.9. The fourth-order valence-corrected chi connectivity index (χ4v) is 14.6.